The van der Waals surface area contributed by atoms with Crippen molar-refractivity contribution in [2.75, 3.05) is 0 Å². The molecule has 0 amide bonds. The van der Waals surface area contributed by atoms with Gasteiger partial charge in [0.2, 0.25) is 0 Å². The van der Waals surface area contributed by atoms with Gasteiger partial charge in [-0.05, 0) is 42.1 Å². The zero-order valence-corrected chi connectivity index (χ0v) is 12.2. The van der Waals surface area contributed by atoms with Crippen molar-refractivity contribution in [1.82, 2.24) is 0 Å². The van der Waals surface area contributed by atoms with Gasteiger partial charge >= 0.3 is 29.6 Å². The summed E-state index contributed by atoms with van der Waals surface area (Å²) in [5.74, 6) is 0. The van der Waals surface area contributed by atoms with E-state index in [9.17, 15) is 8.76 Å². The molecule has 1 atom stereocenters. The van der Waals surface area contributed by atoms with Crippen LogP contribution >= 0.6 is 15.9 Å². The fourth-order valence-electron chi connectivity index (χ4n) is 0.987. The summed E-state index contributed by atoms with van der Waals surface area (Å²) in [6, 6.07) is 3.46. The SMILES string of the molecule is Cc1cc(C)c(S(=O)[O-])cc1Br.[Na+]. The monoisotopic (exact) mass is 270 g/mol. The number of hydrogen-bond donors (Lipinski definition) is 0. The van der Waals surface area contributed by atoms with E-state index in [0.29, 0.717) is 4.90 Å². The molecule has 0 heterocycles. The minimum atomic E-state index is -2.14. The summed E-state index contributed by atoms with van der Waals surface area (Å²) in [5, 5.41) is 0. The third kappa shape index (κ3) is 3.46. The summed E-state index contributed by atoms with van der Waals surface area (Å²) < 4.78 is 22.2. The van der Waals surface area contributed by atoms with Crippen LogP contribution in [-0.4, -0.2) is 8.76 Å². The fourth-order valence-corrected chi connectivity index (χ4v) is 2.02. The molecule has 0 aromatic heterocycles. The van der Waals surface area contributed by atoms with E-state index in [1.54, 1.807) is 13.0 Å². The van der Waals surface area contributed by atoms with Gasteiger partial charge in [-0.15, -0.1) is 0 Å². The molecule has 0 aliphatic carbocycles. The van der Waals surface area contributed by atoms with Crippen molar-refractivity contribution in [2.45, 2.75) is 18.7 Å². The van der Waals surface area contributed by atoms with Crippen LogP contribution < -0.4 is 29.6 Å². The van der Waals surface area contributed by atoms with E-state index in [-0.39, 0.29) is 29.6 Å². The van der Waals surface area contributed by atoms with Crippen molar-refractivity contribution < 1.29 is 38.3 Å². The van der Waals surface area contributed by atoms with Crippen LogP contribution in [0.1, 0.15) is 11.1 Å². The van der Waals surface area contributed by atoms with Crippen LogP contribution in [0.4, 0.5) is 0 Å². The Labute approximate surface area is 111 Å². The van der Waals surface area contributed by atoms with Crippen LogP contribution in [0.2, 0.25) is 0 Å². The van der Waals surface area contributed by atoms with Gasteiger partial charge in [0.05, 0.1) is 0 Å². The van der Waals surface area contributed by atoms with Crippen LogP contribution in [0.5, 0.6) is 0 Å². The number of rotatable bonds is 1. The second-order valence-electron chi connectivity index (χ2n) is 2.60. The van der Waals surface area contributed by atoms with Gasteiger partial charge in [-0.3, -0.25) is 4.21 Å². The molecule has 2 nitrogen and oxygen atoms in total. The normalized spacial score (nSPS) is 12.0. The Morgan fingerprint density at radius 2 is 1.85 bits per heavy atom. The summed E-state index contributed by atoms with van der Waals surface area (Å²) in [6.45, 7) is 3.71. The predicted octanol–water partition coefficient (Wildman–Crippen LogP) is -0.692. The molecule has 0 aliphatic rings. The fraction of sp³-hybridized carbons (Fsp3) is 0.250. The van der Waals surface area contributed by atoms with E-state index >= 15 is 0 Å². The van der Waals surface area contributed by atoms with Gasteiger partial charge < -0.3 is 4.55 Å². The molecule has 0 radical (unpaired) electrons. The van der Waals surface area contributed by atoms with Crippen molar-refractivity contribution in [3.8, 4) is 0 Å². The zero-order chi connectivity index (χ0) is 9.30. The predicted molar refractivity (Wildman–Crippen MR) is 50.8 cm³/mol. The first-order valence-electron chi connectivity index (χ1n) is 3.38. The van der Waals surface area contributed by atoms with Crippen molar-refractivity contribution in [3.63, 3.8) is 0 Å². The summed E-state index contributed by atoms with van der Waals surface area (Å²) >= 11 is 1.14. The molecule has 0 saturated heterocycles. The smallest absolute Gasteiger partial charge is 0.768 e. The average Bonchev–Trinajstić information content (AvgIpc) is 1.96. The minimum Gasteiger partial charge on any atom is -0.768 e. The first-order valence-corrected chi connectivity index (χ1v) is 5.25. The van der Waals surface area contributed by atoms with E-state index in [1.165, 1.54) is 0 Å². The van der Waals surface area contributed by atoms with Gasteiger partial charge in [0.15, 0.2) is 0 Å². The Hall–Kier alpha value is 0.810. The van der Waals surface area contributed by atoms with Crippen LogP contribution in [0.25, 0.3) is 0 Å². The summed E-state index contributed by atoms with van der Waals surface area (Å²) in [6.07, 6.45) is 0. The summed E-state index contributed by atoms with van der Waals surface area (Å²) in [4.78, 5) is 0.354. The van der Waals surface area contributed by atoms with E-state index in [2.05, 4.69) is 15.9 Å². The minimum absolute atomic E-state index is 0. The van der Waals surface area contributed by atoms with Crippen molar-refractivity contribution in [2.24, 2.45) is 0 Å². The molecule has 1 unspecified atom stereocenters. The molecule has 0 N–H and O–H groups in total. The van der Waals surface area contributed by atoms with Crippen molar-refractivity contribution in [1.29, 1.82) is 0 Å². The van der Waals surface area contributed by atoms with Crippen LogP contribution in [0, 0.1) is 13.8 Å². The molecule has 13 heavy (non-hydrogen) atoms. The molecule has 0 spiro atoms. The Bertz CT molecular complexity index is 341. The number of hydrogen-bond acceptors (Lipinski definition) is 2. The molecule has 1 aromatic rings. The van der Waals surface area contributed by atoms with E-state index in [4.69, 9.17) is 0 Å². The molecular weight excluding hydrogens is 263 g/mol. The number of benzene rings is 1. The maximum atomic E-state index is 10.7. The first kappa shape index (κ1) is 13.8. The first-order chi connectivity index (χ1) is 5.52. The molecular formula is C8H8BrNaO2S. The topological polar surface area (TPSA) is 40.1 Å². The Kier molecular flexibility index (Phi) is 5.98. The summed E-state index contributed by atoms with van der Waals surface area (Å²) in [7, 11) is 0. The zero-order valence-electron chi connectivity index (χ0n) is 7.76. The van der Waals surface area contributed by atoms with Gasteiger partial charge in [-0.25, -0.2) is 0 Å². The van der Waals surface area contributed by atoms with E-state index in [0.717, 1.165) is 15.6 Å². The van der Waals surface area contributed by atoms with E-state index in [1.807, 2.05) is 13.0 Å². The van der Waals surface area contributed by atoms with Gasteiger partial charge in [-0.1, -0.05) is 22.0 Å². The third-order valence-corrected chi connectivity index (χ3v) is 3.29. The largest absolute Gasteiger partial charge is 1.00 e. The van der Waals surface area contributed by atoms with Crippen LogP contribution in [0.3, 0.4) is 0 Å². The quantitative estimate of drug-likeness (QED) is 0.501. The molecule has 66 valence electrons. The van der Waals surface area contributed by atoms with Crippen molar-refractivity contribution >= 4 is 27.0 Å². The molecule has 5 heteroatoms. The molecule has 0 bridgehead atoms. The molecule has 0 aliphatic heterocycles. The Morgan fingerprint density at radius 1 is 1.31 bits per heavy atom. The second kappa shape index (κ2) is 5.63. The van der Waals surface area contributed by atoms with Crippen LogP contribution in [-0.2, 0) is 11.1 Å². The van der Waals surface area contributed by atoms with Gasteiger partial charge in [0.1, 0.15) is 0 Å². The van der Waals surface area contributed by atoms with Gasteiger partial charge in [0, 0.05) is 9.37 Å². The standard InChI is InChI=1S/C8H9BrO2S.Na/c1-5-3-6(2)8(12(10)11)4-7(5)9;/h3-4H,1-2H3,(H,10,11);/q;+1/p-1. The molecule has 0 saturated carbocycles. The Balaban J connectivity index is 0.00000144. The average molecular weight is 271 g/mol. The number of halogens is 1. The summed E-state index contributed by atoms with van der Waals surface area (Å²) in [5.41, 5.74) is 1.82. The van der Waals surface area contributed by atoms with Gasteiger partial charge in [0.25, 0.3) is 0 Å². The molecule has 0 fully saturated rings. The second-order valence-corrected chi connectivity index (χ2v) is 4.37. The maximum Gasteiger partial charge on any atom is 1.00 e. The molecule has 1 rings (SSSR count). The van der Waals surface area contributed by atoms with Gasteiger partial charge in [-0.2, -0.15) is 0 Å². The number of aryl methyl sites for hydroxylation is 2. The van der Waals surface area contributed by atoms with Crippen molar-refractivity contribution in [3.05, 3.63) is 27.7 Å². The third-order valence-electron chi connectivity index (χ3n) is 1.64. The van der Waals surface area contributed by atoms with Crippen LogP contribution in [0.15, 0.2) is 21.5 Å². The van der Waals surface area contributed by atoms with E-state index < -0.39 is 11.1 Å². The molecule has 1 aromatic carbocycles. The maximum absolute atomic E-state index is 10.7. The Morgan fingerprint density at radius 3 is 2.31 bits per heavy atom.